The molecule has 2 heterocycles. The Bertz CT molecular complexity index is 272. The Labute approximate surface area is 116 Å². The number of hydrogen-bond donors (Lipinski definition) is 2. The Morgan fingerprint density at radius 2 is 2.11 bits per heavy atom. The Kier molecular flexibility index (Phi) is 5.92. The van der Waals surface area contributed by atoms with E-state index in [-0.39, 0.29) is 6.09 Å². The van der Waals surface area contributed by atoms with Crippen LogP contribution in [-0.4, -0.2) is 55.9 Å². The Morgan fingerprint density at radius 1 is 1.32 bits per heavy atom. The molecule has 1 amide bonds. The summed E-state index contributed by atoms with van der Waals surface area (Å²) < 4.78 is 5.03. The molecule has 5 heteroatoms. The largest absolute Gasteiger partial charge is 0.450 e. The molecular weight excluding hydrogens is 242 g/mol. The Morgan fingerprint density at radius 3 is 2.74 bits per heavy atom. The van der Waals surface area contributed by atoms with Crippen molar-refractivity contribution in [1.82, 2.24) is 15.5 Å². The summed E-state index contributed by atoms with van der Waals surface area (Å²) in [5, 5.41) is 7.20. The van der Waals surface area contributed by atoms with E-state index in [0.717, 1.165) is 39.0 Å². The summed E-state index contributed by atoms with van der Waals surface area (Å²) in [7, 11) is 0. The van der Waals surface area contributed by atoms with Crippen molar-refractivity contribution in [3.05, 3.63) is 0 Å². The van der Waals surface area contributed by atoms with Gasteiger partial charge in [0.1, 0.15) is 0 Å². The van der Waals surface area contributed by atoms with Crippen molar-refractivity contribution in [2.75, 3.05) is 32.8 Å². The molecule has 2 rings (SSSR count). The molecule has 5 nitrogen and oxygen atoms in total. The summed E-state index contributed by atoms with van der Waals surface area (Å²) >= 11 is 0. The number of piperidine rings is 2. The van der Waals surface area contributed by atoms with Gasteiger partial charge < -0.3 is 20.3 Å². The van der Waals surface area contributed by atoms with Crippen LogP contribution in [-0.2, 0) is 4.74 Å². The second kappa shape index (κ2) is 7.70. The molecule has 0 bridgehead atoms. The van der Waals surface area contributed by atoms with Gasteiger partial charge in [-0.2, -0.15) is 0 Å². The molecular formula is C14H27N3O2. The standard InChI is InChI=1S/C14H27N3O2/c1-2-19-14(18)17-9-6-12(7-10-17)16-11-13-5-3-4-8-15-13/h12-13,15-16H,2-11H2,1H3. The van der Waals surface area contributed by atoms with Crippen molar-refractivity contribution >= 4 is 6.09 Å². The molecule has 2 N–H and O–H groups in total. The first kappa shape index (κ1) is 14.6. The first-order valence-electron chi connectivity index (χ1n) is 7.68. The van der Waals surface area contributed by atoms with E-state index in [2.05, 4.69) is 10.6 Å². The summed E-state index contributed by atoms with van der Waals surface area (Å²) in [6, 6.07) is 1.19. The van der Waals surface area contributed by atoms with Crippen LogP contribution in [0, 0.1) is 0 Å². The lowest BCUT2D eigenvalue weighted by Crippen LogP contribution is -2.49. The minimum atomic E-state index is -0.158. The third-order valence-corrected chi connectivity index (χ3v) is 4.09. The maximum atomic E-state index is 11.6. The highest BCUT2D eigenvalue weighted by Gasteiger charge is 2.24. The molecule has 1 atom stereocenters. The van der Waals surface area contributed by atoms with Gasteiger partial charge in [0.15, 0.2) is 0 Å². The van der Waals surface area contributed by atoms with Gasteiger partial charge in [0.05, 0.1) is 6.61 Å². The Balaban J connectivity index is 1.61. The van der Waals surface area contributed by atoms with Crippen LogP contribution in [0.4, 0.5) is 4.79 Å². The van der Waals surface area contributed by atoms with E-state index in [1.807, 2.05) is 11.8 Å². The lowest BCUT2D eigenvalue weighted by Gasteiger charge is -2.33. The summed E-state index contributed by atoms with van der Waals surface area (Å²) in [5.74, 6) is 0. The molecule has 2 saturated heterocycles. The van der Waals surface area contributed by atoms with Crippen LogP contribution in [0.15, 0.2) is 0 Å². The number of carbonyl (C=O) groups excluding carboxylic acids is 1. The molecule has 0 radical (unpaired) electrons. The topological polar surface area (TPSA) is 53.6 Å². The van der Waals surface area contributed by atoms with Gasteiger partial charge in [0.25, 0.3) is 0 Å². The van der Waals surface area contributed by atoms with Gasteiger partial charge in [0.2, 0.25) is 0 Å². The fraction of sp³-hybridized carbons (Fsp3) is 0.929. The van der Waals surface area contributed by atoms with E-state index < -0.39 is 0 Å². The first-order chi connectivity index (χ1) is 9.29. The molecule has 19 heavy (non-hydrogen) atoms. The van der Waals surface area contributed by atoms with Crippen molar-refractivity contribution < 1.29 is 9.53 Å². The van der Waals surface area contributed by atoms with Gasteiger partial charge in [0, 0.05) is 31.7 Å². The molecule has 1 unspecified atom stereocenters. The highest BCUT2D eigenvalue weighted by atomic mass is 16.6. The SMILES string of the molecule is CCOC(=O)N1CCC(NCC2CCCCN2)CC1. The highest BCUT2D eigenvalue weighted by Crippen LogP contribution is 2.12. The highest BCUT2D eigenvalue weighted by molar-refractivity contribution is 5.67. The van der Waals surface area contributed by atoms with Gasteiger partial charge >= 0.3 is 6.09 Å². The number of carbonyl (C=O) groups is 1. The van der Waals surface area contributed by atoms with E-state index >= 15 is 0 Å². The minimum absolute atomic E-state index is 0.158. The zero-order chi connectivity index (χ0) is 13.5. The third-order valence-electron chi connectivity index (χ3n) is 4.09. The van der Waals surface area contributed by atoms with Crippen molar-refractivity contribution in [2.45, 2.75) is 51.1 Å². The van der Waals surface area contributed by atoms with E-state index in [9.17, 15) is 4.79 Å². The summed E-state index contributed by atoms with van der Waals surface area (Å²) in [6.45, 7) is 6.16. The average Bonchev–Trinajstić information content (AvgIpc) is 2.47. The summed E-state index contributed by atoms with van der Waals surface area (Å²) in [4.78, 5) is 13.4. The monoisotopic (exact) mass is 269 g/mol. The van der Waals surface area contributed by atoms with Crippen LogP contribution in [0.25, 0.3) is 0 Å². The quantitative estimate of drug-likeness (QED) is 0.808. The summed E-state index contributed by atoms with van der Waals surface area (Å²) in [5.41, 5.74) is 0. The molecule has 0 aromatic carbocycles. The molecule has 2 fully saturated rings. The fourth-order valence-electron chi connectivity index (χ4n) is 2.89. The minimum Gasteiger partial charge on any atom is -0.450 e. The van der Waals surface area contributed by atoms with Crippen LogP contribution in [0.1, 0.15) is 39.0 Å². The maximum absolute atomic E-state index is 11.6. The number of rotatable bonds is 4. The zero-order valence-corrected chi connectivity index (χ0v) is 12.0. The van der Waals surface area contributed by atoms with E-state index in [0.29, 0.717) is 18.7 Å². The van der Waals surface area contributed by atoms with E-state index in [4.69, 9.17) is 4.74 Å². The molecule has 2 aliphatic heterocycles. The van der Waals surface area contributed by atoms with Crippen molar-refractivity contribution in [1.29, 1.82) is 0 Å². The van der Waals surface area contributed by atoms with Crippen LogP contribution < -0.4 is 10.6 Å². The second-order valence-electron chi connectivity index (χ2n) is 5.52. The predicted octanol–water partition coefficient (Wildman–Crippen LogP) is 1.34. The van der Waals surface area contributed by atoms with Crippen molar-refractivity contribution in [3.8, 4) is 0 Å². The van der Waals surface area contributed by atoms with E-state index in [1.54, 1.807) is 0 Å². The number of nitrogens with one attached hydrogen (secondary N) is 2. The van der Waals surface area contributed by atoms with Crippen LogP contribution in [0.5, 0.6) is 0 Å². The predicted molar refractivity (Wildman–Crippen MR) is 75.3 cm³/mol. The normalized spacial score (nSPS) is 25.3. The van der Waals surface area contributed by atoms with E-state index in [1.165, 1.54) is 19.3 Å². The number of nitrogens with zero attached hydrogens (tertiary/aromatic N) is 1. The first-order valence-corrected chi connectivity index (χ1v) is 7.68. The van der Waals surface area contributed by atoms with Crippen LogP contribution in [0.3, 0.4) is 0 Å². The number of hydrogen-bond acceptors (Lipinski definition) is 4. The average molecular weight is 269 g/mol. The lowest BCUT2D eigenvalue weighted by molar-refractivity contribution is 0.0948. The fourth-order valence-corrected chi connectivity index (χ4v) is 2.89. The van der Waals surface area contributed by atoms with Gasteiger partial charge in [-0.3, -0.25) is 0 Å². The second-order valence-corrected chi connectivity index (χ2v) is 5.52. The number of amides is 1. The lowest BCUT2D eigenvalue weighted by atomic mass is 10.0. The van der Waals surface area contributed by atoms with Gasteiger partial charge in [-0.15, -0.1) is 0 Å². The number of likely N-dealkylation sites (tertiary alicyclic amines) is 1. The molecule has 0 spiro atoms. The zero-order valence-electron chi connectivity index (χ0n) is 12.0. The third kappa shape index (κ3) is 4.66. The molecule has 0 aromatic rings. The molecule has 0 saturated carbocycles. The van der Waals surface area contributed by atoms with Crippen molar-refractivity contribution in [3.63, 3.8) is 0 Å². The Hall–Kier alpha value is -0.810. The van der Waals surface area contributed by atoms with Gasteiger partial charge in [-0.25, -0.2) is 4.79 Å². The molecule has 0 aliphatic carbocycles. The van der Waals surface area contributed by atoms with Crippen LogP contribution >= 0.6 is 0 Å². The summed E-state index contributed by atoms with van der Waals surface area (Å²) in [6.07, 6.45) is 5.86. The molecule has 110 valence electrons. The number of ether oxygens (including phenoxy) is 1. The smallest absolute Gasteiger partial charge is 0.409 e. The van der Waals surface area contributed by atoms with Crippen molar-refractivity contribution in [2.24, 2.45) is 0 Å². The van der Waals surface area contributed by atoms with Gasteiger partial charge in [-0.05, 0) is 39.2 Å². The maximum Gasteiger partial charge on any atom is 0.409 e. The molecule has 2 aliphatic rings. The molecule has 0 aromatic heterocycles. The van der Waals surface area contributed by atoms with Gasteiger partial charge in [-0.1, -0.05) is 6.42 Å². The van der Waals surface area contributed by atoms with Crippen LogP contribution in [0.2, 0.25) is 0 Å².